The highest BCUT2D eigenvalue weighted by Gasteiger charge is 2.01. The zero-order valence-electron chi connectivity index (χ0n) is 6.06. The molecule has 58 valence electrons. The molecule has 1 rings (SSSR count). The summed E-state index contributed by atoms with van der Waals surface area (Å²) in [6.45, 7) is 4.14. The molecule has 1 aromatic rings. The molecule has 0 aliphatic rings. The van der Waals surface area contributed by atoms with Crippen molar-refractivity contribution in [1.29, 1.82) is 0 Å². The zero-order valence-corrected chi connectivity index (χ0v) is 6.88. The van der Waals surface area contributed by atoms with Gasteiger partial charge >= 0.3 is 0 Å². The summed E-state index contributed by atoms with van der Waals surface area (Å²) in [7, 11) is 0. The van der Waals surface area contributed by atoms with Crippen LogP contribution in [0.3, 0.4) is 0 Å². The van der Waals surface area contributed by atoms with Crippen molar-refractivity contribution < 1.29 is 4.79 Å². The van der Waals surface area contributed by atoms with Gasteiger partial charge in [0.25, 0.3) is 0 Å². The monoisotopic (exact) mass is 167 g/mol. The molecule has 0 unspecified atom stereocenters. The lowest BCUT2D eigenvalue weighted by Crippen LogP contribution is -2.19. The maximum absolute atomic E-state index is 10.5. The summed E-state index contributed by atoms with van der Waals surface area (Å²) in [5.41, 5.74) is 0. The Labute approximate surface area is 69.8 Å². The van der Waals surface area contributed by atoms with Crippen LogP contribution in [0.2, 0.25) is 0 Å². The maximum atomic E-state index is 10.5. The fraction of sp³-hybridized carbons (Fsp3) is 0.125. The molecule has 11 heavy (non-hydrogen) atoms. The number of nitrogens with zero attached hydrogens (tertiary/aromatic N) is 1. The predicted molar refractivity (Wildman–Crippen MR) is 47.9 cm³/mol. The van der Waals surface area contributed by atoms with Crippen LogP contribution in [0.4, 0.5) is 5.00 Å². The molecule has 1 heterocycles. The molecule has 3 heteroatoms. The Morgan fingerprint density at radius 2 is 2.55 bits per heavy atom. The molecule has 0 bridgehead atoms. The molecule has 0 saturated heterocycles. The van der Waals surface area contributed by atoms with Crippen LogP contribution in [0.5, 0.6) is 0 Å². The van der Waals surface area contributed by atoms with Gasteiger partial charge in [-0.2, -0.15) is 0 Å². The van der Waals surface area contributed by atoms with Crippen LogP contribution in [0.15, 0.2) is 30.2 Å². The first kappa shape index (κ1) is 8.01. The van der Waals surface area contributed by atoms with Crippen LogP contribution in [-0.4, -0.2) is 13.0 Å². The molecule has 0 aliphatic carbocycles. The molecule has 0 spiro atoms. The smallest absolute Gasteiger partial charge is 0.215 e. The minimum absolute atomic E-state index is 0.573. The Kier molecular flexibility index (Phi) is 2.86. The van der Waals surface area contributed by atoms with E-state index in [4.69, 9.17) is 0 Å². The Morgan fingerprint density at radius 3 is 3.00 bits per heavy atom. The molecule has 0 saturated carbocycles. The molecule has 1 amide bonds. The number of amides is 1. The van der Waals surface area contributed by atoms with E-state index >= 15 is 0 Å². The fourth-order valence-electron chi connectivity index (χ4n) is 0.757. The van der Waals surface area contributed by atoms with Crippen molar-refractivity contribution in [3.8, 4) is 0 Å². The van der Waals surface area contributed by atoms with Gasteiger partial charge in [0.15, 0.2) is 0 Å². The zero-order chi connectivity index (χ0) is 8.10. The largest absolute Gasteiger partial charge is 0.303 e. The first-order valence-electron chi connectivity index (χ1n) is 3.25. The van der Waals surface area contributed by atoms with E-state index in [2.05, 4.69) is 6.58 Å². The third-order valence-electron chi connectivity index (χ3n) is 1.24. The van der Waals surface area contributed by atoms with Crippen molar-refractivity contribution in [3.63, 3.8) is 0 Å². The van der Waals surface area contributed by atoms with Crippen LogP contribution in [0.25, 0.3) is 0 Å². The number of hydrogen-bond acceptors (Lipinski definition) is 2. The molecular formula is C8H9NOS. The summed E-state index contributed by atoms with van der Waals surface area (Å²) in [6, 6.07) is 3.82. The number of hydrogen-bond donors (Lipinski definition) is 0. The molecule has 0 aromatic carbocycles. The lowest BCUT2D eigenvalue weighted by atomic mass is 10.5. The van der Waals surface area contributed by atoms with Gasteiger partial charge in [-0.05, 0) is 17.5 Å². The standard InChI is InChI=1S/C8H9NOS/c1-2-5-9(7-10)8-4-3-6-11-8/h2-4,6-7H,1,5H2. The van der Waals surface area contributed by atoms with Gasteiger partial charge in [-0.3, -0.25) is 4.79 Å². The number of anilines is 1. The first-order valence-corrected chi connectivity index (χ1v) is 4.13. The van der Waals surface area contributed by atoms with Gasteiger partial charge in [-0.15, -0.1) is 17.9 Å². The minimum Gasteiger partial charge on any atom is -0.303 e. The van der Waals surface area contributed by atoms with E-state index in [0.29, 0.717) is 6.54 Å². The second-order valence-electron chi connectivity index (χ2n) is 2.00. The summed E-state index contributed by atoms with van der Waals surface area (Å²) in [5.74, 6) is 0. The Bertz CT molecular complexity index is 230. The Hall–Kier alpha value is -1.09. The van der Waals surface area contributed by atoms with Gasteiger partial charge in [0.1, 0.15) is 0 Å². The van der Waals surface area contributed by atoms with Crippen molar-refractivity contribution >= 4 is 22.7 Å². The van der Waals surface area contributed by atoms with Crippen LogP contribution in [0, 0.1) is 0 Å². The van der Waals surface area contributed by atoms with Gasteiger partial charge in [0, 0.05) is 6.54 Å². The van der Waals surface area contributed by atoms with E-state index in [1.54, 1.807) is 22.3 Å². The summed E-state index contributed by atoms with van der Waals surface area (Å²) in [5, 5.41) is 2.90. The minimum atomic E-state index is 0.573. The molecule has 0 aliphatic heterocycles. The highest BCUT2D eigenvalue weighted by atomic mass is 32.1. The van der Waals surface area contributed by atoms with E-state index in [9.17, 15) is 4.79 Å². The van der Waals surface area contributed by atoms with Gasteiger partial charge < -0.3 is 4.90 Å². The molecule has 1 aromatic heterocycles. The SMILES string of the molecule is C=CCN(C=O)c1cccs1. The molecular weight excluding hydrogens is 158 g/mol. The topological polar surface area (TPSA) is 20.3 Å². The second kappa shape index (κ2) is 3.93. The van der Waals surface area contributed by atoms with Gasteiger partial charge in [-0.25, -0.2) is 0 Å². The maximum Gasteiger partial charge on any atom is 0.215 e. The van der Waals surface area contributed by atoms with Crippen molar-refractivity contribution in [2.45, 2.75) is 0 Å². The van der Waals surface area contributed by atoms with E-state index in [1.165, 1.54) is 0 Å². The van der Waals surface area contributed by atoms with E-state index in [0.717, 1.165) is 11.4 Å². The predicted octanol–water partition coefficient (Wildman–Crippen LogP) is 1.90. The van der Waals surface area contributed by atoms with Crippen LogP contribution in [0.1, 0.15) is 0 Å². The number of rotatable bonds is 4. The second-order valence-corrected chi connectivity index (χ2v) is 2.92. The van der Waals surface area contributed by atoms with Crippen molar-refractivity contribution in [1.82, 2.24) is 0 Å². The van der Waals surface area contributed by atoms with Crippen LogP contribution >= 0.6 is 11.3 Å². The Balaban J connectivity index is 2.70. The summed E-state index contributed by atoms with van der Waals surface area (Å²) < 4.78 is 0. The van der Waals surface area contributed by atoms with Gasteiger partial charge in [-0.1, -0.05) is 6.08 Å². The lowest BCUT2D eigenvalue weighted by Gasteiger charge is -2.10. The summed E-state index contributed by atoms with van der Waals surface area (Å²) in [4.78, 5) is 12.1. The summed E-state index contributed by atoms with van der Waals surface area (Å²) in [6.07, 6.45) is 2.52. The van der Waals surface area contributed by atoms with Crippen LogP contribution < -0.4 is 4.90 Å². The van der Waals surface area contributed by atoms with E-state index in [1.807, 2.05) is 17.5 Å². The molecule has 0 radical (unpaired) electrons. The molecule has 0 N–H and O–H groups in total. The van der Waals surface area contributed by atoms with Crippen molar-refractivity contribution in [2.24, 2.45) is 0 Å². The summed E-state index contributed by atoms with van der Waals surface area (Å²) >= 11 is 1.54. The number of carbonyl (C=O) groups is 1. The molecule has 0 fully saturated rings. The lowest BCUT2D eigenvalue weighted by molar-refractivity contribution is -0.107. The van der Waals surface area contributed by atoms with Crippen molar-refractivity contribution in [2.75, 3.05) is 11.4 Å². The van der Waals surface area contributed by atoms with E-state index in [-0.39, 0.29) is 0 Å². The normalized spacial score (nSPS) is 9.09. The molecule has 0 atom stereocenters. The average Bonchev–Trinajstić information content (AvgIpc) is 2.52. The quantitative estimate of drug-likeness (QED) is 0.495. The van der Waals surface area contributed by atoms with Gasteiger partial charge in [0.2, 0.25) is 6.41 Å². The number of thiophene rings is 1. The Morgan fingerprint density at radius 1 is 1.73 bits per heavy atom. The van der Waals surface area contributed by atoms with Gasteiger partial charge in [0.05, 0.1) is 5.00 Å². The average molecular weight is 167 g/mol. The van der Waals surface area contributed by atoms with E-state index < -0.39 is 0 Å². The first-order chi connectivity index (χ1) is 5.38. The van der Waals surface area contributed by atoms with Crippen molar-refractivity contribution in [3.05, 3.63) is 30.2 Å². The third kappa shape index (κ3) is 1.91. The molecule has 2 nitrogen and oxygen atoms in total. The highest BCUT2D eigenvalue weighted by molar-refractivity contribution is 7.14. The highest BCUT2D eigenvalue weighted by Crippen LogP contribution is 2.19. The van der Waals surface area contributed by atoms with Crippen LogP contribution in [-0.2, 0) is 4.79 Å². The fourth-order valence-corrected chi connectivity index (χ4v) is 1.46. The number of carbonyl (C=O) groups excluding carboxylic acids is 1. The third-order valence-corrected chi connectivity index (χ3v) is 2.15.